The van der Waals surface area contributed by atoms with E-state index >= 15 is 0 Å². The summed E-state index contributed by atoms with van der Waals surface area (Å²) in [7, 11) is 1.67. The zero-order valence-electron chi connectivity index (χ0n) is 10.7. The van der Waals surface area contributed by atoms with E-state index in [0.717, 1.165) is 32.4 Å². The maximum absolute atomic E-state index is 10.9. The van der Waals surface area contributed by atoms with Crippen LogP contribution in [0.2, 0.25) is 0 Å². The van der Waals surface area contributed by atoms with Crippen LogP contribution in [0, 0.1) is 0 Å². The van der Waals surface area contributed by atoms with Gasteiger partial charge in [-0.1, -0.05) is 6.42 Å². The Hall–Kier alpha value is -0.690. The second-order valence-electron chi connectivity index (χ2n) is 3.94. The lowest BCUT2D eigenvalue weighted by Crippen LogP contribution is -2.31. The van der Waals surface area contributed by atoms with Gasteiger partial charge in [-0.05, 0) is 19.4 Å². The molecule has 0 aliphatic rings. The van der Waals surface area contributed by atoms with Crippen molar-refractivity contribution in [3.8, 4) is 0 Å². The molecule has 6 nitrogen and oxygen atoms in total. The van der Waals surface area contributed by atoms with Crippen molar-refractivity contribution in [2.75, 3.05) is 40.0 Å². The van der Waals surface area contributed by atoms with Crippen LogP contribution in [0.1, 0.15) is 25.7 Å². The van der Waals surface area contributed by atoms with Gasteiger partial charge in [-0.3, -0.25) is 15.1 Å². The molecule has 0 radical (unpaired) electrons. The number of hydrogen-bond acceptors (Lipinski definition) is 5. The normalized spacial score (nSPS) is 10.8. The quantitative estimate of drug-likeness (QED) is 0.198. The zero-order chi connectivity index (χ0) is 12.9. The number of unbranched alkanes of at least 4 members (excludes halogenated alkanes) is 2. The molecular formula is C11H25N3O3. The number of nitrogens with one attached hydrogen (secondary N) is 1. The van der Waals surface area contributed by atoms with Gasteiger partial charge in [0.2, 0.25) is 5.91 Å². The Kier molecular flexibility index (Phi) is 11.3. The molecule has 0 atom stereocenters. The Morgan fingerprint density at radius 3 is 2.65 bits per heavy atom. The number of carbonyl (C=O) groups excluding carboxylic acids is 1. The SMILES string of the molecule is COCCN(CCO)CCCCCC(=O)NN. The molecule has 0 heterocycles. The first-order valence-corrected chi connectivity index (χ1v) is 6.06. The molecule has 0 aliphatic carbocycles. The monoisotopic (exact) mass is 247 g/mol. The van der Waals surface area contributed by atoms with Gasteiger partial charge in [-0.2, -0.15) is 0 Å². The molecule has 0 spiro atoms. The third-order valence-electron chi connectivity index (χ3n) is 2.57. The molecule has 102 valence electrons. The third-order valence-corrected chi connectivity index (χ3v) is 2.57. The number of carbonyl (C=O) groups is 1. The Balaban J connectivity index is 3.49. The van der Waals surface area contributed by atoms with Crippen LogP contribution >= 0.6 is 0 Å². The highest BCUT2D eigenvalue weighted by atomic mass is 16.5. The Bertz CT molecular complexity index is 191. The highest BCUT2D eigenvalue weighted by molar-refractivity contribution is 5.74. The zero-order valence-corrected chi connectivity index (χ0v) is 10.7. The van der Waals surface area contributed by atoms with Crippen molar-refractivity contribution >= 4 is 5.91 Å². The Labute approximate surface area is 103 Å². The first-order valence-electron chi connectivity index (χ1n) is 6.06. The number of amides is 1. The van der Waals surface area contributed by atoms with Gasteiger partial charge in [0.05, 0.1) is 13.2 Å². The van der Waals surface area contributed by atoms with Crippen molar-refractivity contribution in [1.82, 2.24) is 10.3 Å². The van der Waals surface area contributed by atoms with E-state index in [2.05, 4.69) is 10.3 Å². The van der Waals surface area contributed by atoms with Crippen LogP contribution in [0.4, 0.5) is 0 Å². The van der Waals surface area contributed by atoms with Gasteiger partial charge in [-0.25, -0.2) is 5.84 Å². The maximum Gasteiger partial charge on any atom is 0.233 e. The van der Waals surface area contributed by atoms with Gasteiger partial charge in [0.1, 0.15) is 0 Å². The van der Waals surface area contributed by atoms with Crippen molar-refractivity contribution in [3.63, 3.8) is 0 Å². The number of nitrogens with zero attached hydrogens (tertiary/aromatic N) is 1. The van der Waals surface area contributed by atoms with Gasteiger partial charge in [0.15, 0.2) is 0 Å². The minimum Gasteiger partial charge on any atom is -0.395 e. The first-order chi connectivity index (χ1) is 8.24. The molecule has 0 bridgehead atoms. The average Bonchev–Trinajstić information content (AvgIpc) is 2.34. The van der Waals surface area contributed by atoms with Gasteiger partial charge < -0.3 is 9.84 Å². The summed E-state index contributed by atoms with van der Waals surface area (Å²) in [5.41, 5.74) is 2.11. The number of hydrogen-bond donors (Lipinski definition) is 3. The van der Waals surface area contributed by atoms with Gasteiger partial charge >= 0.3 is 0 Å². The standard InChI is InChI=1S/C11H25N3O3/c1-17-10-8-14(7-9-15)6-4-2-3-5-11(16)13-12/h15H,2-10,12H2,1H3,(H,13,16). The summed E-state index contributed by atoms with van der Waals surface area (Å²) in [6, 6.07) is 0. The van der Waals surface area contributed by atoms with Gasteiger partial charge in [0.25, 0.3) is 0 Å². The number of hydrazine groups is 1. The summed E-state index contributed by atoms with van der Waals surface area (Å²) >= 11 is 0. The maximum atomic E-state index is 10.9. The summed E-state index contributed by atoms with van der Waals surface area (Å²) in [5, 5.41) is 8.89. The summed E-state index contributed by atoms with van der Waals surface area (Å²) < 4.78 is 5.00. The predicted octanol–water partition coefficient (Wildman–Crippen LogP) is -0.523. The minimum absolute atomic E-state index is 0.114. The number of nitrogens with two attached hydrogens (primary N) is 1. The number of aliphatic hydroxyl groups is 1. The molecule has 0 saturated heterocycles. The first kappa shape index (κ1) is 16.3. The largest absolute Gasteiger partial charge is 0.395 e. The van der Waals surface area contributed by atoms with Gasteiger partial charge in [0, 0.05) is 26.6 Å². The molecule has 0 aromatic heterocycles. The summed E-state index contributed by atoms with van der Waals surface area (Å²) in [4.78, 5) is 13.0. The van der Waals surface area contributed by atoms with E-state index in [0.29, 0.717) is 19.6 Å². The second kappa shape index (κ2) is 11.8. The smallest absolute Gasteiger partial charge is 0.233 e. The molecule has 1 amide bonds. The predicted molar refractivity (Wildman–Crippen MR) is 66.2 cm³/mol. The lowest BCUT2D eigenvalue weighted by molar-refractivity contribution is -0.121. The Morgan fingerprint density at radius 1 is 1.29 bits per heavy atom. The number of rotatable bonds is 11. The van der Waals surface area contributed by atoms with E-state index in [1.807, 2.05) is 0 Å². The van der Waals surface area contributed by atoms with Crippen LogP contribution in [0.25, 0.3) is 0 Å². The molecule has 0 aromatic carbocycles. The van der Waals surface area contributed by atoms with Crippen LogP contribution in [-0.2, 0) is 9.53 Å². The number of ether oxygens (including phenoxy) is 1. The second-order valence-corrected chi connectivity index (χ2v) is 3.94. The van der Waals surface area contributed by atoms with E-state index < -0.39 is 0 Å². The van der Waals surface area contributed by atoms with Crippen molar-refractivity contribution < 1.29 is 14.6 Å². The van der Waals surface area contributed by atoms with Crippen molar-refractivity contribution in [2.24, 2.45) is 5.84 Å². The number of aliphatic hydroxyl groups excluding tert-OH is 1. The van der Waals surface area contributed by atoms with Crippen LogP contribution in [-0.4, -0.2) is 55.9 Å². The van der Waals surface area contributed by atoms with Crippen LogP contribution in [0.15, 0.2) is 0 Å². The Morgan fingerprint density at radius 2 is 2.06 bits per heavy atom. The van der Waals surface area contributed by atoms with Crippen LogP contribution in [0.3, 0.4) is 0 Å². The van der Waals surface area contributed by atoms with E-state index in [9.17, 15) is 4.79 Å². The number of methoxy groups -OCH3 is 1. The molecule has 0 saturated carbocycles. The lowest BCUT2D eigenvalue weighted by Gasteiger charge is -2.20. The van der Waals surface area contributed by atoms with Crippen LogP contribution < -0.4 is 11.3 Å². The molecule has 0 aliphatic heterocycles. The fraction of sp³-hybridized carbons (Fsp3) is 0.909. The molecule has 0 fully saturated rings. The lowest BCUT2D eigenvalue weighted by atomic mass is 10.2. The molecular weight excluding hydrogens is 222 g/mol. The van der Waals surface area contributed by atoms with Gasteiger partial charge in [-0.15, -0.1) is 0 Å². The summed E-state index contributed by atoms with van der Waals surface area (Å²) in [6.45, 7) is 3.27. The van der Waals surface area contributed by atoms with E-state index in [1.165, 1.54) is 0 Å². The molecule has 4 N–H and O–H groups in total. The molecule has 17 heavy (non-hydrogen) atoms. The third kappa shape index (κ3) is 10.2. The molecule has 0 unspecified atom stereocenters. The fourth-order valence-electron chi connectivity index (χ4n) is 1.57. The minimum atomic E-state index is -0.114. The van der Waals surface area contributed by atoms with E-state index in [1.54, 1.807) is 7.11 Å². The van der Waals surface area contributed by atoms with E-state index in [4.69, 9.17) is 15.7 Å². The summed E-state index contributed by atoms with van der Waals surface area (Å²) in [5.74, 6) is 4.87. The van der Waals surface area contributed by atoms with E-state index in [-0.39, 0.29) is 12.5 Å². The van der Waals surface area contributed by atoms with Crippen molar-refractivity contribution in [2.45, 2.75) is 25.7 Å². The topological polar surface area (TPSA) is 87.8 Å². The highest BCUT2D eigenvalue weighted by Crippen LogP contribution is 2.01. The molecule has 0 aromatic rings. The fourth-order valence-corrected chi connectivity index (χ4v) is 1.57. The molecule has 0 rings (SSSR count). The van der Waals surface area contributed by atoms with Crippen molar-refractivity contribution in [3.05, 3.63) is 0 Å². The highest BCUT2D eigenvalue weighted by Gasteiger charge is 2.04. The summed E-state index contributed by atoms with van der Waals surface area (Å²) in [6.07, 6.45) is 3.33. The van der Waals surface area contributed by atoms with Crippen LogP contribution in [0.5, 0.6) is 0 Å². The van der Waals surface area contributed by atoms with Crippen molar-refractivity contribution in [1.29, 1.82) is 0 Å². The molecule has 6 heteroatoms. The average molecular weight is 247 g/mol.